The fourth-order valence-electron chi connectivity index (χ4n) is 3.53. The smallest absolute Gasteiger partial charge is 0.303 e. The van der Waals surface area contributed by atoms with Gasteiger partial charge in [-0.1, -0.05) is 50.1 Å². The Morgan fingerprint density at radius 3 is 2.53 bits per heavy atom. The molecule has 0 saturated heterocycles. The van der Waals surface area contributed by atoms with Crippen LogP contribution in [-0.4, -0.2) is 27.5 Å². The fraction of sp³-hybridized carbons (Fsp3) is 0.577. The van der Waals surface area contributed by atoms with E-state index in [2.05, 4.69) is 57.8 Å². The third-order valence-electron chi connectivity index (χ3n) is 5.77. The van der Waals surface area contributed by atoms with E-state index in [0.717, 1.165) is 36.4 Å². The molecule has 32 heavy (non-hydrogen) atoms. The van der Waals surface area contributed by atoms with E-state index in [1.807, 2.05) is 27.7 Å². The molecule has 6 heteroatoms. The summed E-state index contributed by atoms with van der Waals surface area (Å²) in [5.74, 6) is -0.810. The maximum atomic E-state index is 12.8. The predicted octanol–water partition coefficient (Wildman–Crippen LogP) is 7.26. The second-order valence-corrected chi connectivity index (χ2v) is 11.3. The molecular formula is C26H40NO3PS. The Labute approximate surface area is 200 Å². The molecule has 0 saturated carbocycles. The molecule has 0 amide bonds. The number of thiazole rings is 1. The van der Waals surface area contributed by atoms with Crippen molar-refractivity contribution in [1.82, 2.24) is 4.98 Å². The molecule has 0 bridgehead atoms. The lowest BCUT2D eigenvalue weighted by Crippen LogP contribution is -2.34. The molecule has 0 spiro atoms. The van der Waals surface area contributed by atoms with Crippen molar-refractivity contribution in [3.63, 3.8) is 0 Å². The van der Waals surface area contributed by atoms with E-state index < -0.39 is 11.4 Å². The SMILES string of the molecule is CC(=C/CC/C(C)=C/c1csc(C)n1)/C=C/CC[C@H](P)[C@@H](C)C(=O)C(C)(C)CCC(=O)O. The molecule has 1 rings (SSSR count). The highest BCUT2D eigenvalue weighted by atomic mass is 32.1. The number of nitrogens with zero attached hydrogens (tertiary/aromatic N) is 1. The highest BCUT2D eigenvalue weighted by molar-refractivity contribution is 7.17. The zero-order valence-corrected chi connectivity index (χ0v) is 22.5. The molecule has 0 aliphatic rings. The minimum Gasteiger partial charge on any atom is -0.481 e. The zero-order chi connectivity index (χ0) is 24.3. The second-order valence-electron chi connectivity index (χ2n) is 9.34. The Bertz CT molecular complexity index is 851. The van der Waals surface area contributed by atoms with Gasteiger partial charge in [-0.15, -0.1) is 20.6 Å². The maximum absolute atomic E-state index is 12.8. The first-order valence-electron chi connectivity index (χ1n) is 11.4. The quantitative estimate of drug-likeness (QED) is 0.226. The van der Waals surface area contributed by atoms with Gasteiger partial charge < -0.3 is 5.11 Å². The van der Waals surface area contributed by atoms with Crippen molar-refractivity contribution in [2.75, 3.05) is 0 Å². The Hall–Kier alpha value is -1.58. The summed E-state index contributed by atoms with van der Waals surface area (Å²) in [4.78, 5) is 28.1. The molecule has 3 atom stereocenters. The Kier molecular flexibility index (Phi) is 12.3. The average Bonchev–Trinajstić information content (AvgIpc) is 3.12. The van der Waals surface area contributed by atoms with Crippen LogP contribution >= 0.6 is 20.6 Å². The highest BCUT2D eigenvalue weighted by Crippen LogP contribution is 2.31. The van der Waals surface area contributed by atoms with E-state index in [4.69, 9.17) is 5.11 Å². The summed E-state index contributed by atoms with van der Waals surface area (Å²) in [5.41, 5.74) is 3.21. The normalized spacial score (nSPS) is 15.2. The molecule has 1 aromatic rings. The number of hydrogen-bond acceptors (Lipinski definition) is 4. The number of carbonyl (C=O) groups excluding carboxylic acids is 1. The molecular weight excluding hydrogens is 437 g/mol. The van der Waals surface area contributed by atoms with Gasteiger partial charge in [-0.25, -0.2) is 4.98 Å². The first kappa shape index (κ1) is 28.5. The molecule has 1 N–H and O–H groups in total. The number of aliphatic carboxylic acids is 1. The van der Waals surface area contributed by atoms with Crippen LogP contribution in [0.2, 0.25) is 0 Å². The van der Waals surface area contributed by atoms with Crippen LogP contribution in [0.5, 0.6) is 0 Å². The molecule has 1 aromatic heterocycles. The van der Waals surface area contributed by atoms with E-state index >= 15 is 0 Å². The van der Waals surface area contributed by atoms with Gasteiger partial charge in [0.25, 0.3) is 0 Å². The van der Waals surface area contributed by atoms with Crippen LogP contribution in [0.1, 0.15) is 83.8 Å². The van der Waals surface area contributed by atoms with E-state index in [1.165, 1.54) is 11.1 Å². The highest BCUT2D eigenvalue weighted by Gasteiger charge is 2.33. The number of Topliss-reactive ketones (excluding diaryl/α,β-unsaturated/α-hetero) is 1. The molecule has 0 radical (unpaired) electrons. The summed E-state index contributed by atoms with van der Waals surface area (Å²) in [7, 11) is 2.81. The van der Waals surface area contributed by atoms with Crippen LogP contribution in [0.4, 0.5) is 0 Å². The molecule has 0 aliphatic heterocycles. The second kappa shape index (κ2) is 13.9. The van der Waals surface area contributed by atoms with Crippen LogP contribution in [0.3, 0.4) is 0 Å². The van der Waals surface area contributed by atoms with Crippen molar-refractivity contribution in [3.8, 4) is 0 Å². The number of aryl methyl sites for hydroxylation is 1. The van der Waals surface area contributed by atoms with Crippen molar-refractivity contribution in [2.45, 2.75) is 85.7 Å². The van der Waals surface area contributed by atoms with Gasteiger partial charge >= 0.3 is 5.97 Å². The van der Waals surface area contributed by atoms with Crippen LogP contribution in [0, 0.1) is 18.3 Å². The number of carboxylic acids is 1. The summed E-state index contributed by atoms with van der Waals surface area (Å²) >= 11 is 1.68. The summed E-state index contributed by atoms with van der Waals surface area (Å²) in [6.45, 7) is 12.0. The predicted molar refractivity (Wildman–Crippen MR) is 140 cm³/mol. The number of carbonyl (C=O) groups is 2. The molecule has 0 aliphatic carbocycles. The van der Waals surface area contributed by atoms with Crippen molar-refractivity contribution in [3.05, 3.63) is 45.5 Å². The summed E-state index contributed by atoms with van der Waals surface area (Å²) in [6.07, 6.45) is 13.0. The Balaban J connectivity index is 2.42. The van der Waals surface area contributed by atoms with Crippen LogP contribution < -0.4 is 0 Å². The number of ketones is 1. The maximum Gasteiger partial charge on any atom is 0.303 e. The third kappa shape index (κ3) is 10.8. The topological polar surface area (TPSA) is 67.3 Å². The van der Waals surface area contributed by atoms with Crippen LogP contribution in [0.15, 0.2) is 34.8 Å². The van der Waals surface area contributed by atoms with Gasteiger partial charge in [0.1, 0.15) is 5.78 Å². The van der Waals surface area contributed by atoms with E-state index in [0.29, 0.717) is 6.42 Å². The van der Waals surface area contributed by atoms with Gasteiger partial charge in [0.05, 0.1) is 10.7 Å². The number of hydrogen-bond donors (Lipinski definition) is 1. The number of aromatic nitrogens is 1. The first-order valence-corrected chi connectivity index (χ1v) is 12.9. The lowest BCUT2D eigenvalue weighted by atomic mass is 9.77. The summed E-state index contributed by atoms with van der Waals surface area (Å²) in [6, 6.07) is 0. The van der Waals surface area contributed by atoms with Gasteiger partial charge in [-0.05, 0) is 64.6 Å². The van der Waals surface area contributed by atoms with Gasteiger partial charge in [0, 0.05) is 23.1 Å². The number of carboxylic acid groups (broad SMARTS) is 1. The Morgan fingerprint density at radius 1 is 1.25 bits per heavy atom. The van der Waals surface area contributed by atoms with Crippen LogP contribution in [0.25, 0.3) is 6.08 Å². The van der Waals surface area contributed by atoms with Crippen molar-refractivity contribution >= 4 is 38.4 Å². The first-order chi connectivity index (χ1) is 14.9. The largest absolute Gasteiger partial charge is 0.481 e. The summed E-state index contributed by atoms with van der Waals surface area (Å²) < 4.78 is 0. The van der Waals surface area contributed by atoms with E-state index in [-0.39, 0.29) is 23.8 Å². The van der Waals surface area contributed by atoms with Gasteiger partial charge in [-0.2, -0.15) is 0 Å². The van der Waals surface area contributed by atoms with E-state index in [9.17, 15) is 9.59 Å². The van der Waals surface area contributed by atoms with Gasteiger partial charge in [0.15, 0.2) is 0 Å². The average molecular weight is 478 g/mol. The minimum absolute atomic E-state index is 0.0290. The van der Waals surface area contributed by atoms with Gasteiger partial charge in [0.2, 0.25) is 0 Å². The van der Waals surface area contributed by atoms with E-state index in [1.54, 1.807) is 11.3 Å². The van der Waals surface area contributed by atoms with Crippen molar-refractivity contribution in [2.24, 2.45) is 11.3 Å². The number of allylic oxidation sites excluding steroid dienone is 5. The molecule has 4 nitrogen and oxygen atoms in total. The number of rotatable bonds is 14. The third-order valence-corrected chi connectivity index (χ3v) is 7.47. The lowest BCUT2D eigenvalue weighted by molar-refractivity contribution is -0.138. The Morgan fingerprint density at radius 2 is 1.94 bits per heavy atom. The minimum atomic E-state index is -0.852. The molecule has 0 aromatic carbocycles. The van der Waals surface area contributed by atoms with Crippen molar-refractivity contribution < 1.29 is 14.7 Å². The summed E-state index contributed by atoms with van der Waals surface area (Å²) in [5, 5.41) is 12.1. The molecule has 178 valence electrons. The monoisotopic (exact) mass is 477 g/mol. The van der Waals surface area contributed by atoms with Gasteiger partial charge in [-0.3, -0.25) is 9.59 Å². The zero-order valence-electron chi connectivity index (χ0n) is 20.5. The lowest BCUT2D eigenvalue weighted by Gasteiger charge is -2.29. The standard InChI is InChI=1S/C26H40NO3PS/c1-18(11-9-12-19(2)16-22-17-32-21(4)27-22)10-7-8-13-23(31)20(3)25(30)26(5,6)15-14-24(28)29/h7,10-11,16-17,20,23H,8-9,12-15,31H2,1-6H3,(H,28,29)/b10-7+,18-11-,19-16+/t20-,23+/m1/s1. The van der Waals surface area contributed by atoms with Crippen molar-refractivity contribution in [1.29, 1.82) is 0 Å². The van der Waals surface area contributed by atoms with Crippen LogP contribution in [-0.2, 0) is 9.59 Å². The molecule has 1 unspecified atom stereocenters. The fourth-order valence-corrected chi connectivity index (χ4v) is 4.47. The molecule has 1 heterocycles. The molecule has 0 fully saturated rings.